The smallest absolute Gasteiger partial charge is 0.319 e. The van der Waals surface area contributed by atoms with Gasteiger partial charge in [0.1, 0.15) is 11.3 Å². The number of piperidine rings is 1. The summed E-state index contributed by atoms with van der Waals surface area (Å²) in [5.41, 5.74) is 2.94. The number of hydrogen-bond acceptors (Lipinski definition) is 5. The minimum Gasteiger partial charge on any atom is -0.467 e. The molecule has 0 bridgehead atoms. The Labute approximate surface area is 167 Å². The summed E-state index contributed by atoms with van der Waals surface area (Å²) in [4.78, 5) is 8.31. The molecule has 0 amide bonds. The van der Waals surface area contributed by atoms with Crippen LogP contribution in [0.25, 0.3) is 16.7 Å². The first-order valence-corrected chi connectivity index (χ1v) is 8.86. The van der Waals surface area contributed by atoms with Gasteiger partial charge < -0.3 is 10.1 Å². The predicted molar refractivity (Wildman–Crippen MR) is 105 cm³/mol. The third kappa shape index (κ3) is 3.72. The number of aromatic nitrogens is 4. The van der Waals surface area contributed by atoms with Gasteiger partial charge in [0, 0.05) is 23.9 Å². The van der Waals surface area contributed by atoms with Gasteiger partial charge in [0.25, 0.3) is 0 Å². The van der Waals surface area contributed by atoms with Crippen LogP contribution >= 0.6 is 24.0 Å². The molecule has 1 aliphatic rings. The molecule has 1 aromatic carbocycles. The summed E-state index contributed by atoms with van der Waals surface area (Å²) in [5, 5.41) is 8.77. The third-order valence-corrected chi connectivity index (χ3v) is 5.02. The van der Waals surface area contributed by atoms with Crippen molar-refractivity contribution in [2.45, 2.75) is 25.4 Å². The minimum atomic E-state index is -0.898. The Morgan fingerprint density at radius 2 is 2.11 bits per heavy atom. The number of aryl methyl sites for hydroxylation is 1. The van der Waals surface area contributed by atoms with Crippen LogP contribution in [0.1, 0.15) is 23.5 Å². The highest BCUT2D eigenvalue weighted by Gasteiger charge is 2.28. The van der Waals surface area contributed by atoms with Gasteiger partial charge in [0.2, 0.25) is 0 Å². The molecule has 1 aliphatic heterocycles. The van der Waals surface area contributed by atoms with Crippen LogP contribution in [0.3, 0.4) is 0 Å². The lowest BCUT2D eigenvalue weighted by atomic mass is 9.85. The van der Waals surface area contributed by atoms with Crippen molar-refractivity contribution in [2.24, 2.45) is 0 Å². The average Bonchev–Trinajstić information content (AvgIpc) is 3.03. The van der Waals surface area contributed by atoms with Gasteiger partial charge in [-0.1, -0.05) is 11.6 Å². The maximum atomic E-state index is 14.5. The molecule has 4 rings (SSSR count). The van der Waals surface area contributed by atoms with Crippen LogP contribution in [0, 0.1) is 6.92 Å². The molecule has 0 saturated carbocycles. The second-order valence-electron chi connectivity index (χ2n) is 6.47. The molecule has 1 fully saturated rings. The maximum absolute atomic E-state index is 14.5. The van der Waals surface area contributed by atoms with Gasteiger partial charge in [-0.05, 0) is 43.1 Å². The van der Waals surface area contributed by atoms with Crippen LogP contribution in [0.15, 0.2) is 24.4 Å². The number of benzene rings is 1. The number of alkyl halides is 1. The van der Waals surface area contributed by atoms with E-state index in [4.69, 9.17) is 16.3 Å². The number of rotatable bonds is 3. The summed E-state index contributed by atoms with van der Waals surface area (Å²) in [6, 6.07) is 5.86. The Morgan fingerprint density at radius 1 is 1.30 bits per heavy atom. The zero-order chi connectivity index (χ0) is 18.3. The molecule has 9 heteroatoms. The molecule has 1 N–H and O–H groups in total. The molecule has 2 aromatic heterocycles. The molecular formula is C18H20Cl2FN5O. The SMILES string of the molecule is COc1nc(Cl)cc(-n2ncc3cc(C)c(C4CCNCC4F)cc32)n1.Cl. The molecule has 0 radical (unpaired) electrons. The molecule has 0 aliphatic carbocycles. The summed E-state index contributed by atoms with van der Waals surface area (Å²) < 4.78 is 21.3. The Balaban J connectivity index is 0.00000210. The van der Waals surface area contributed by atoms with Crippen LogP contribution in [-0.2, 0) is 0 Å². The molecule has 3 heterocycles. The monoisotopic (exact) mass is 411 g/mol. The van der Waals surface area contributed by atoms with E-state index in [2.05, 4.69) is 20.4 Å². The van der Waals surface area contributed by atoms with Gasteiger partial charge in [0.15, 0.2) is 5.82 Å². The van der Waals surface area contributed by atoms with Crippen LogP contribution in [0.4, 0.5) is 4.39 Å². The van der Waals surface area contributed by atoms with E-state index in [1.165, 1.54) is 7.11 Å². The van der Waals surface area contributed by atoms with E-state index in [-0.39, 0.29) is 29.5 Å². The molecule has 6 nitrogen and oxygen atoms in total. The van der Waals surface area contributed by atoms with Crippen LogP contribution < -0.4 is 10.1 Å². The number of methoxy groups -OCH3 is 1. The van der Waals surface area contributed by atoms with Crippen LogP contribution in [-0.4, -0.2) is 46.1 Å². The highest BCUT2D eigenvalue weighted by Crippen LogP contribution is 2.33. The van der Waals surface area contributed by atoms with Crippen molar-refractivity contribution in [2.75, 3.05) is 20.2 Å². The summed E-state index contributed by atoms with van der Waals surface area (Å²) in [5.74, 6) is 0.390. The molecule has 144 valence electrons. The van der Waals surface area contributed by atoms with E-state index >= 15 is 0 Å². The fourth-order valence-corrected chi connectivity index (χ4v) is 3.71. The Bertz CT molecular complexity index is 964. The number of halogens is 3. The van der Waals surface area contributed by atoms with E-state index in [1.807, 2.05) is 19.1 Å². The lowest BCUT2D eigenvalue weighted by molar-refractivity contribution is 0.231. The van der Waals surface area contributed by atoms with E-state index in [1.54, 1.807) is 16.9 Å². The van der Waals surface area contributed by atoms with Gasteiger partial charge >= 0.3 is 6.01 Å². The topological polar surface area (TPSA) is 64.9 Å². The largest absolute Gasteiger partial charge is 0.467 e. The first-order chi connectivity index (χ1) is 12.6. The average molecular weight is 412 g/mol. The Hall–Kier alpha value is -1.96. The van der Waals surface area contributed by atoms with Gasteiger partial charge in [-0.2, -0.15) is 15.1 Å². The summed E-state index contributed by atoms with van der Waals surface area (Å²) in [6.45, 7) is 3.23. The second-order valence-corrected chi connectivity index (χ2v) is 6.86. The fraction of sp³-hybridized carbons (Fsp3) is 0.389. The van der Waals surface area contributed by atoms with Crippen LogP contribution in [0.2, 0.25) is 5.15 Å². The van der Waals surface area contributed by atoms with Crippen molar-refractivity contribution in [3.63, 3.8) is 0 Å². The Kier molecular flexibility index (Phi) is 5.83. The van der Waals surface area contributed by atoms with Crippen LogP contribution in [0.5, 0.6) is 6.01 Å². The van der Waals surface area contributed by atoms with E-state index in [9.17, 15) is 4.39 Å². The molecular weight excluding hydrogens is 392 g/mol. The van der Waals surface area contributed by atoms with Crippen molar-refractivity contribution in [3.8, 4) is 11.8 Å². The third-order valence-electron chi connectivity index (χ3n) is 4.82. The molecule has 2 atom stereocenters. The molecule has 1 saturated heterocycles. The zero-order valence-electron chi connectivity index (χ0n) is 14.9. The molecule has 2 unspecified atom stereocenters. The number of nitrogens with one attached hydrogen (secondary N) is 1. The molecule has 27 heavy (non-hydrogen) atoms. The number of ether oxygens (including phenoxy) is 1. The van der Waals surface area contributed by atoms with Gasteiger partial charge in [-0.15, -0.1) is 12.4 Å². The molecule has 0 spiro atoms. The summed E-state index contributed by atoms with van der Waals surface area (Å²) >= 11 is 6.07. The molecule has 3 aromatic rings. The van der Waals surface area contributed by atoms with E-state index < -0.39 is 6.17 Å². The highest BCUT2D eigenvalue weighted by molar-refractivity contribution is 6.29. The number of fused-ring (bicyclic) bond motifs is 1. The fourth-order valence-electron chi connectivity index (χ4n) is 3.54. The first kappa shape index (κ1) is 19.8. The van der Waals surface area contributed by atoms with E-state index in [0.717, 1.165) is 35.0 Å². The minimum absolute atomic E-state index is 0. The van der Waals surface area contributed by atoms with Gasteiger partial charge in [-0.25, -0.2) is 9.07 Å². The Morgan fingerprint density at radius 3 is 2.85 bits per heavy atom. The van der Waals surface area contributed by atoms with Crippen molar-refractivity contribution in [1.29, 1.82) is 0 Å². The number of hydrogen-bond donors (Lipinski definition) is 1. The summed E-state index contributed by atoms with van der Waals surface area (Å²) in [7, 11) is 1.48. The summed E-state index contributed by atoms with van der Waals surface area (Å²) in [6.07, 6.45) is 1.64. The zero-order valence-corrected chi connectivity index (χ0v) is 16.5. The lowest BCUT2D eigenvalue weighted by Crippen LogP contribution is -2.36. The second kappa shape index (κ2) is 7.96. The maximum Gasteiger partial charge on any atom is 0.319 e. The number of nitrogens with zero attached hydrogens (tertiary/aromatic N) is 4. The normalized spacial score (nSPS) is 19.7. The quantitative estimate of drug-likeness (QED) is 0.666. The van der Waals surface area contributed by atoms with Crippen molar-refractivity contribution in [1.82, 2.24) is 25.1 Å². The standard InChI is InChI=1S/C18H19ClFN5O.ClH/c1-10-5-11-8-22-25(17-7-16(19)23-18(24-17)26-2)15(11)6-13(10)12-3-4-21-9-14(12)20;/h5-8,12,14,21H,3-4,9H2,1-2H3;1H. The van der Waals surface area contributed by atoms with Crippen molar-refractivity contribution < 1.29 is 9.13 Å². The van der Waals surface area contributed by atoms with E-state index in [0.29, 0.717) is 12.4 Å². The first-order valence-electron chi connectivity index (χ1n) is 8.49. The van der Waals surface area contributed by atoms with Crippen molar-refractivity contribution >= 4 is 34.9 Å². The predicted octanol–water partition coefficient (Wildman–Crippen LogP) is 3.62. The highest BCUT2D eigenvalue weighted by atomic mass is 35.5. The van der Waals surface area contributed by atoms with Gasteiger partial charge in [-0.3, -0.25) is 0 Å². The van der Waals surface area contributed by atoms with Crippen molar-refractivity contribution in [3.05, 3.63) is 40.7 Å². The lowest BCUT2D eigenvalue weighted by Gasteiger charge is -2.28. The van der Waals surface area contributed by atoms with Gasteiger partial charge in [0.05, 0.1) is 18.8 Å².